The number of ether oxygens (including phenoxy) is 1. The first-order valence-corrected chi connectivity index (χ1v) is 12.5. The first kappa shape index (κ1) is 22.1. The molecule has 3 aromatic carbocycles. The van der Waals surface area contributed by atoms with Gasteiger partial charge in [-0.2, -0.15) is 0 Å². The van der Waals surface area contributed by atoms with Crippen LogP contribution in [0.1, 0.15) is 0 Å². The summed E-state index contributed by atoms with van der Waals surface area (Å²) in [5.41, 5.74) is 0.227. The maximum atomic E-state index is 13.6. The fourth-order valence-electron chi connectivity index (χ4n) is 3.05. The van der Waals surface area contributed by atoms with E-state index in [1.54, 1.807) is 42.5 Å². The van der Waals surface area contributed by atoms with Gasteiger partial charge in [-0.15, -0.1) is 0 Å². The van der Waals surface area contributed by atoms with Gasteiger partial charge in [0.2, 0.25) is 19.7 Å². The van der Waals surface area contributed by atoms with E-state index in [-0.39, 0.29) is 15.5 Å². The third-order valence-corrected chi connectivity index (χ3v) is 8.52. The van der Waals surface area contributed by atoms with Gasteiger partial charge in [0.05, 0.1) is 16.9 Å². The van der Waals surface area contributed by atoms with Crippen LogP contribution in [0.25, 0.3) is 11.3 Å². The molecular formula is C22H16ClNO6S2. The first-order valence-electron chi connectivity index (χ1n) is 9.20. The second-order valence-electron chi connectivity index (χ2n) is 6.65. The van der Waals surface area contributed by atoms with Gasteiger partial charge in [-0.1, -0.05) is 35.0 Å². The van der Waals surface area contributed by atoms with E-state index in [0.29, 0.717) is 16.3 Å². The van der Waals surface area contributed by atoms with Gasteiger partial charge in [0.25, 0.3) is 5.09 Å². The zero-order chi connectivity index (χ0) is 22.9. The van der Waals surface area contributed by atoms with Crippen LogP contribution >= 0.6 is 11.6 Å². The predicted molar refractivity (Wildman–Crippen MR) is 117 cm³/mol. The van der Waals surface area contributed by atoms with Crippen molar-refractivity contribution < 1.29 is 26.1 Å². The lowest BCUT2D eigenvalue weighted by Crippen LogP contribution is -2.10. The molecule has 0 bridgehead atoms. The number of halogens is 1. The van der Waals surface area contributed by atoms with E-state index in [0.717, 1.165) is 0 Å². The van der Waals surface area contributed by atoms with Crippen LogP contribution in [0, 0.1) is 0 Å². The van der Waals surface area contributed by atoms with E-state index < -0.39 is 29.7 Å². The Morgan fingerprint density at radius 3 is 1.97 bits per heavy atom. The van der Waals surface area contributed by atoms with Crippen molar-refractivity contribution in [3.05, 3.63) is 83.9 Å². The monoisotopic (exact) mass is 489 g/mol. The van der Waals surface area contributed by atoms with E-state index >= 15 is 0 Å². The number of aromatic nitrogens is 1. The minimum Gasteiger partial charge on any atom is -0.497 e. The number of nitrogens with zero attached hydrogens (tertiary/aromatic N) is 1. The Morgan fingerprint density at radius 2 is 1.38 bits per heavy atom. The van der Waals surface area contributed by atoms with Gasteiger partial charge >= 0.3 is 0 Å². The quantitative estimate of drug-likeness (QED) is 0.387. The van der Waals surface area contributed by atoms with E-state index in [9.17, 15) is 16.8 Å². The lowest BCUT2D eigenvalue weighted by atomic mass is 10.1. The summed E-state index contributed by atoms with van der Waals surface area (Å²) in [6.07, 6.45) is 0. The molecular weight excluding hydrogens is 474 g/mol. The lowest BCUT2D eigenvalue weighted by molar-refractivity contribution is 0.333. The molecule has 0 N–H and O–H groups in total. The molecule has 32 heavy (non-hydrogen) atoms. The summed E-state index contributed by atoms with van der Waals surface area (Å²) in [6.45, 7) is 0. The largest absolute Gasteiger partial charge is 0.497 e. The van der Waals surface area contributed by atoms with Crippen molar-refractivity contribution in [2.24, 2.45) is 0 Å². The number of sulfone groups is 2. The number of hydrogen-bond acceptors (Lipinski definition) is 7. The molecule has 0 aliphatic rings. The van der Waals surface area contributed by atoms with Gasteiger partial charge in [-0.25, -0.2) is 16.8 Å². The average Bonchev–Trinajstić information content (AvgIpc) is 3.27. The van der Waals surface area contributed by atoms with Crippen molar-refractivity contribution in [2.75, 3.05) is 7.11 Å². The van der Waals surface area contributed by atoms with E-state index in [4.69, 9.17) is 20.9 Å². The van der Waals surface area contributed by atoms with Crippen LogP contribution < -0.4 is 4.74 Å². The molecule has 0 saturated heterocycles. The van der Waals surface area contributed by atoms with Crippen LogP contribution in [0.4, 0.5) is 0 Å². The lowest BCUT2D eigenvalue weighted by Gasteiger charge is -2.08. The smallest absolute Gasteiger partial charge is 0.274 e. The Hall–Kier alpha value is -3.14. The Kier molecular flexibility index (Phi) is 5.81. The molecule has 0 aliphatic heterocycles. The Morgan fingerprint density at radius 1 is 0.781 bits per heavy atom. The number of rotatable bonds is 6. The molecule has 7 nitrogen and oxygen atoms in total. The van der Waals surface area contributed by atoms with Crippen LogP contribution in [0.2, 0.25) is 5.02 Å². The highest BCUT2D eigenvalue weighted by Gasteiger charge is 2.38. The van der Waals surface area contributed by atoms with Crippen LogP contribution in [0.5, 0.6) is 5.75 Å². The third kappa shape index (κ3) is 3.90. The van der Waals surface area contributed by atoms with E-state index in [1.807, 2.05) is 0 Å². The van der Waals surface area contributed by atoms with Crippen LogP contribution in [-0.4, -0.2) is 29.1 Å². The van der Waals surface area contributed by atoms with Crippen LogP contribution in [-0.2, 0) is 19.7 Å². The molecule has 1 heterocycles. The first-order chi connectivity index (χ1) is 15.2. The summed E-state index contributed by atoms with van der Waals surface area (Å²) >= 11 is 5.86. The standard InChI is InChI=1S/C22H16ClNO6S2/c1-29-17-11-7-15(8-12-17)20-21(31(25,26)18-5-3-2-4-6-18)22(30-24-20)32(27,28)19-13-9-16(23)10-14-19/h2-14H,1H3. The molecule has 4 aromatic rings. The van der Waals surface area contributed by atoms with Crippen molar-refractivity contribution in [1.29, 1.82) is 0 Å². The number of hydrogen-bond donors (Lipinski definition) is 0. The molecule has 164 valence electrons. The molecule has 0 atom stereocenters. The summed E-state index contributed by atoms with van der Waals surface area (Å²) in [4.78, 5) is -0.807. The zero-order valence-electron chi connectivity index (χ0n) is 16.6. The van der Waals surface area contributed by atoms with Crippen molar-refractivity contribution in [1.82, 2.24) is 5.16 Å². The van der Waals surface area contributed by atoms with Gasteiger partial charge in [0, 0.05) is 10.6 Å². The Labute approximate surface area is 190 Å². The fourth-order valence-corrected chi connectivity index (χ4v) is 6.43. The Balaban J connectivity index is 1.99. The highest BCUT2D eigenvalue weighted by Crippen LogP contribution is 2.38. The topological polar surface area (TPSA) is 104 Å². The summed E-state index contributed by atoms with van der Waals surface area (Å²) in [5, 5.41) is 3.40. The van der Waals surface area contributed by atoms with E-state index in [2.05, 4.69) is 5.16 Å². The summed E-state index contributed by atoms with van der Waals surface area (Å²) in [7, 11) is -7.19. The van der Waals surface area contributed by atoms with Gasteiger partial charge in [0.1, 0.15) is 11.4 Å². The zero-order valence-corrected chi connectivity index (χ0v) is 19.0. The molecule has 0 aliphatic carbocycles. The highest BCUT2D eigenvalue weighted by molar-refractivity contribution is 7.94. The van der Waals surface area contributed by atoms with Gasteiger partial charge in [0.15, 0.2) is 4.90 Å². The van der Waals surface area contributed by atoms with Gasteiger partial charge in [-0.3, -0.25) is 0 Å². The molecule has 0 radical (unpaired) electrons. The molecule has 0 amide bonds. The molecule has 0 spiro atoms. The van der Waals surface area contributed by atoms with Crippen molar-refractivity contribution >= 4 is 31.3 Å². The molecule has 0 unspecified atom stereocenters. The maximum absolute atomic E-state index is 13.6. The number of methoxy groups -OCH3 is 1. The minimum absolute atomic E-state index is 0.0921. The molecule has 10 heteroatoms. The van der Waals surface area contributed by atoms with Crippen LogP contribution in [0.3, 0.4) is 0 Å². The molecule has 1 aromatic heterocycles. The second-order valence-corrected chi connectivity index (χ2v) is 10.8. The molecule has 4 rings (SSSR count). The normalized spacial score (nSPS) is 11.9. The van der Waals surface area contributed by atoms with Gasteiger partial charge in [-0.05, 0) is 60.7 Å². The van der Waals surface area contributed by atoms with Gasteiger partial charge < -0.3 is 9.26 Å². The SMILES string of the molecule is COc1ccc(-c2noc(S(=O)(=O)c3ccc(Cl)cc3)c2S(=O)(=O)c2ccccc2)cc1. The van der Waals surface area contributed by atoms with E-state index in [1.165, 1.54) is 43.5 Å². The second kappa shape index (κ2) is 8.42. The van der Waals surface area contributed by atoms with Crippen molar-refractivity contribution in [2.45, 2.75) is 19.8 Å². The molecule has 0 fully saturated rings. The Bertz CT molecular complexity index is 1460. The summed E-state index contributed by atoms with van der Waals surface area (Å²) in [5.74, 6) is 0.540. The predicted octanol–water partition coefficient (Wildman–Crippen LogP) is 4.67. The number of benzene rings is 3. The highest BCUT2D eigenvalue weighted by atomic mass is 35.5. The summed E-state index contributed by atoms with van der Waals surface area (Å²) < 4.78 is 64.1. The maximum Gasteiger partial charge on any atom is 0.274 e. The molecule has 0 saturated carbocycles. The van der Waals surface area contributed by atoms with Crippen molar-refractivity contribution in [3.8, 4) is 17.0 Å². The third-order valence-electron chi connectivity index (χ3n) is 4.67. The van der Waals surface area contributed by atoms with Crippen molar-refractivity contribution in [3.63, 3.8) is 0 Å². The minimum atomic E-state index is -4.37. The average molecular weight is 490 g/mol. The summed E-state index contributed by atoms with van der Waals surface area (Å²) in [6, 6.07) is 19.2. The van der Waals surface area contributed by atoms with Crippen LogP contribution in [0.15, 0.2) is 103 Å². The fraction of sp³-hybridized carbons (Fsp3) is 0.0455.